The Morgan fingerprint density at radius 3 is 2.68 bits per heavy atom. The van der Waals surface area contributed by atoms with Crippen LogP contribution in [0.4, 0.5) is 5.69 Å². The van der Waals surface area contributed by atoms with Crippen LogP contribution in [0.2, 0.25) is 0 Å². The Hall–Kier alpha value is -2.34. The zero-order chi connectivity index (χ0) is 15.7. The Labute approximate surface area is 129 Å². The lowest BCUT2D eigenvalue weighted by atomic mass is 9.84. The number of nitrogens with zero attached hydrogens (tertiary/aromatic N) is 2. The molecule has 1 aliphatic rings. The molecule has 1 atom stereocenters. The first-order valence-corrected chi connectivity index (χ1v) is 7.54. The molecule has 0 saturated carbocycles. The number of nitrogen functional groups attached to an aromatic ring is 1. The van der Waals surface area contributed by atoms with Crippen molar-refractivity contribution in [3.63, 3.8) is 0 Å². The molecule has 2 aromatic rings. The van der Waals surface area contributed by atoms with Crippen LogP contribution in [-0.4, -0.2) is 22.2 Å². The number of fused-ring (bicyclic) bond motifs is 1. The molecule has 0 spiro atoms. The van der Waals surface area contributed by atoms with Gasteiger partial charge in [0.2, 0.25) is 5.91 Å². The third-order valence-corrected chi connectivity index (χ3v) is 4.25. The summed E-state index contributed by atoms with van der Waals surface area (Å²) in [6.07, 6.45) is 3.01. The molecule has 0 aliphatic heterocycles. The van der Waals surface area contributed by atoms with Crippen molar-refractivity contribution in [2.24, 2.45) is 11.5 Å². The van der Waals surface area contributed by atoms with Crippen LogP contribution in [0.25, 0.3) is 11.3 Å². The van der Waals surface area contributed by atoms with E-state index < -0.39 is 0 Å². The van der Waals surface area contributed by atoms with Crippen molar-refractivity contribution in [2.45, 2.75) is 31.7 Å². The first kappa shape index (κ1) is 14.6. The Morgan fingerprint density at radius 1 is 1.32 bits per heavy atom. The summed E-state index contributed by atoms with van der Waals surface area (Å²) in [4.78, 5) is 11.3. The van der Waals surface area contributed by atoms with Crippen LogP contribution in [0.5, 0.6) is 0 Å². The van der Waals surface area contributed by atoms with E-state index in [1.54, 1.807) is 4.68 Å². The number of carbonyl (C=O) groups is 1. The number of hydrogen-bond donors (Lipinski definition) is 3. The van der Waals surface area contributed by atoms with Gasteiger partial charge in [-0.1, -0.05) is 12.1 Å². The van der Waals surface area contributed by atoms with Gasteiger partial charge in [-0.15, -0.1) is 0 Å². The molecule has 22 heavy (non-hydrogen) atoms. The van der Waals surface area contributed by atoms with Crippen LogP contribution in [0.3, 0.4) is 0 Å². The molecule has 0 fully saturated rings. The van der Waals surface area contributed by atoms with Gasteiger partial charge >= 0.3 is 0 Å². The maximum Gasteiger partial charge on any atom is 0.239 e. The molecule has 1 unspecified atom stereocenters. The molecule has 1 aliphatic carbocycles. The van der Waals surface area contributed by atoms with E-state index in [0.717, 1.165) is 36.2 Å². The van der Waals surface area contributed by atoms with Crippen molar-refractivity contribution in [1.29, 1.82) is 0 Å². The number of primary amides is 1. The van der Waals surface area contributed by atoms with Crippen LogP contribution in [-0.2, 0) is 17.8 Å². The molecule has 1 aromatic heterocycles. The number of rotatable bonds is 4. The van der Waals surface area contributed by atoms with Gasteiger partial charge in [-0.3, -0.25) is 9.48 Å². The second-order valence-corrected chi connectivity index (χ2v) is 5.78. The van der Waals surface area contributed by atoms with Gasteiger partial charge in [-0.25, -0.2) is 0 Å². The highest BCUT2D eigenvalue weighted by Crippen LogP contribution is 2.38. The molecule has 6 heteroatoms. The molecule has 0 radical (unpaired) electrons. The number of hydrogen-bond acceptors (Lipinski definition) is 4. The summed E-state index contributed by atoms with van der Waals surface area (Å²) in [6.45, 7) is 0.686. The Bertz CT molecular complexity index is 689. The largest absolute Gasteiger partial charge is 0.399 e. The molecule has 116 valence electrons. The van der Waals surface area contributed by atoms with Gasteiger partial charge in [0.1, 0.15) is 6.54 Å². The Kier molecular flexibility index (Phi) is 3.85. The lowest BCUT2D eigenvalue weighted by Crippen LogP contribution is -2.23. The molecule has 0 saturated heterocycles. The fourth-order valence-corrected chi connectivity index (χ4v) is 3.23. The molecular formula is C16H21N5O. The highest BCUT2D eigenvalue weighted by molar-refractivity contribution is 5.74. The lowest BCUT2D eigenvalue weighted by molar-refractivity contribution is -0.118. The maximum absolute atomic E-state index is 11.3. The normalized spacial score (nSPS) is 17.2. The van der Waals surface area contributed by atoms with Crippen molar-refractivity contribution < 1.29 is 4.79 Å². The van der Waals surface area contributed by atoms with Gasteiger partial charge < -0.3 is 17.2 Å². The molecule has 1 aromatic carbocycles. The smallest absolute Gasteiger partial charge is 0.239 e. The van der Waals surface area contributed by atoms with E-state index in [1.165, 1.54) is 5.56 Å². The summed E-state index contributed by atoms with van der Waals surface area (Å²) in [5, 5.41) is 4.65. The van der Waals surface area contributed by atoms with Crippen molar-refractivity contribution >= 4 is 11.6 Å². The SMILES string of the molecule is NCC1CCCc2c1c(-c1ccc(N)cc1)nn2CC(N)=O. The summed E-state index contributed by atoms with van der Waals surface area (Å²) < 4.78 is 1.74. The second kappa shape index (κ2) is 5.81. The van der Waals surface area contributed by atoms with E-state index in [0.29, 0.717) is 12.2 Å². The summed E-state index contributed by atoms with van der Waals surface area (Å²) in [7, 11) is 0. The topological polar surface area (TPSA) is 113 Å². The van der Waals surface area contributed by atoms with E-state index in [9.17, 15) is 4.79 Å². The van der Waals surface area contributed by atoms with Crippen LogP contribution < -0.4 is 17.2 Å². The molecule has 6 nitrogen and oxygen atoms in total. The van der Waals surface area contributed by atoms with E-state index in [1.807, 2.05) is 24.3 Å². The van der Waals surface area contributed by atoms with Crippen LogP contribution in [0, 0.1) is 0 Å². The molecule has 1 amide bonds. The van der Waals surface area contributed by atoms with E-state index >= 15 is 0 Å². The number of aromatic nitrogens is 2. The summed E-state index contributed by atoms with van der Waals surface area (Å²) >= 11 is 0. The number of anilines is 1. The van der Waals surface area contributed by atoms with Gasteiger partial charge in [-0.05, 0) is 37.9 Å². The van der Waals surface area contributed by atoms with Gasteiger partial charge in [0.15, 0.2) is 0 Å². The number of amides is 1. The third kappa shape index (κ3) is 2.57. The molecule has 0 bridgehead atoms. The highest BCUT2D eigenvalue weighted by Gasteiger charge is 2.28. The minimum absolute atomic E-state index is 0.106. The third-order valence-electron chi connectivity index (χ3n) is 4.25. The standard InChI is InChI=1S/C16H21N5O/c17-8-11-2-1-3-13-15(11)16(20-21(13)9-14(19)22)10-4-6-12(18)7-5-10/h4-7,11H,1-3,8-9,17-18H2,(H2,19,22). The molecule has 1 heterocycles. The van der Waals surface area contributed by atoms with Crippen LogP contribution in [0.15, 0.2) is 24.3 Å². The average Bonchev–Trinajstić information content (AvgIpc) is 2.86. The average molecular weight is 299 g/mol. The Balaban J connectivity index is 2.14. The van der Waals surface area contributed by atoms with Crippen molar-refractivity contribution in [3.8, 4) is 11.3 Å². The maximum atomic E-state index is 11.3. The first-order valence-electron chi connectivity index (χ1n) is 7.54. The van der Waals surface area contributed by atoms with E-state index in [-0.39, 0.29) is 18.4 Å². The fraction of sp³-hybridized carbons (Fsp3) is 0.375. The zero-order valence-electron chi connectivity index (χ0n) is 12.5. The monoisotopic (exact) mass is 299 g/mol. The summed E-state index contributed by atoms with van der Waals surface area (Å²) in [5.74, 6) is -0.109. The van der Waals surface area contributed by atoms with E-state index in [4.69, 9.17) is 17.2 Å². The molecule has 6 N–H and O–H groups in total. The van der Waals surface area contributed by atoms with Crippen molar-refractivity contribution in [2.75, 3.05) is 12.3 Å². The van der Waals surface area contributed by atoms with Crippen molar-refractivity contribution in [3.05, 3.63) is 35.5 Å². The number of benzene rings is 1. The lowest BCUT2D eigenvalue weighted by Gasteiger charge is -2.22. The number of carbonyl (C=O) groups excluding carboxylic acids is 1. The second-order valence-electron chi connectivity index (χ2n) is 5.78. The minimum atomic E-state index is -0.385. The summed E-state index contributed by atoms with van der Waals surface area (Å²) in [5.41, 5.74) is 21.9. The zero-order valence-corrected chi connectivity index (χ0v) is 12.5. The molecular weight excluding hydrogens is 278 g/mol. The Morgan fingerprint density at radius 2 is 2.05 bits per heavy atom. The molecule has 3 rings (SSSR count). The fourth-order valence-electron chi connectivity index (χ4n) is 3.23. The van der Waals surface area contributed by atoms with Gasteiger partial charge in [0.25, 0.3) is 0 Å². The first-order chi connectivity index (χ1) is 10.6. The quantitative estimate of drug-likeness (QED) is 0.731. The minimum Gasteiger partial charge on any atom is -0.399 e. The predicted molar refractivity (Wildman–Crippen MR) is 86.0 cm³/mol. The van der Waals surface area contributed by atoms with Gasteiger partial charge in [0, 0.05) is 28.4 Å². The van der Waals surface area contributed by atoms with Gasteiger partial charge in [-0.2, -0.15) is 5.10 Å². The van der Waals surface area contributed by atoms with E-state index in [2.05, 4.69) is 5.10 Å². The van der Waals surface area contributed by atoms with Crippen molar-refractivity contribution in [1.82, 2.24) is 9.78 Å². The summed E-state index contributed by atoms with van der Waals surface area (Å²) in [6, 6.07) is 7.62. The predicted octanol–water partition coefficient (Wildman–Crippen LogP) is 0.996. The van der Waals surface area contributed by atoms with Crippen LogP contribution in [0.1, 0.15) is 30.0 Å². The highest BCUT2D eigenvalue weighted by atomic mass is 16.1. The van der Waals surface area contributed by atoms with Crippen LogP contribution >= 0.6 is 0 Å². The van der Waals surface area contributed by atoms with Gasteiger partial charge in [0.05, 0.1) is 5.69 Å². The number of nitrogens with two attached hydrogens (primary N) is 3.